The van der Waals surface area contributed by atoms with Crippen molar-refractivity contribution in [2.45, 2.75) is 71.3 Å². The maximum Gasteiger partial charge on any atom is 0.309 e. The minimum Gasteiger partial charge on any atom is -0.462 e. The summed E-state index contributed by atoms with van der Waals surface area (Å²) in [5, 5.41) is 0. The molecular weight excluding hydrogens is 212 g/mol. The van der Waals surface area contributed by atoms with Crippen LogP contribution in [0.2, 0.25) is 0 Å². The molecule has 0 radical (unpaired) electrons. The monoisotopic (exact) mass is 238 g/mol. The summed E-state index contributed by atoms with van der Waals surface area (Å²) in [6, 6.07) is 0. The third kappa shape index (κ3) is 2.83. The van der Waals surface area contributed by atoms with Crippen LogP contribution in [0.25, 0.3) is 0 Å². The number of hydrogen-bond donors (Lipinski definition) is 0. The third-order valence-electron chi connectivity index (χ3n) is 4.87. The first kappa shape index (κ1) is 12.9. The topological polar surface area (TPSA) is 26.3 Å². The van der Waals surface area contributed by atoms with E-state index in [0.717, 1.165) is 25.7 Å². The van der Waals surface area contributed by atoms with Gasteiger partial charge in [0.05, 0.1) is 5.92 Å². The van der Waals surface area contributed by atoms with E-state index in [-0.39, 0.29) is 18.0 Å². The normalized spacial score (nSPS) is 37.3. The number of hydrogen-bond acceptors (Lipinski definition) is 2. The van der Waals surface area contributed by atoms with E-state index in [0.29, 0.717) is 11.8 Å². The zero-order valence-corrected chi connectivity index (χ0v) is 11.3. The lowest BCUT2D eigenvalue weighted by Gasteiger charge is -2.23. The van der Waals surface area contributed by atoms with Crippen LogP contribution in [0.1, 0.15) is 65.2 Å². The molecule has 0 aliphatic heterocycles. The van der Waals surface area contributed by atoms with E-state index in [1.54, 1.807) is 0 Å². The van der Waals surface area contributed by atoms with Crippen LogP contribution in [0.5, 0.6) is 0 Å². The molecule has 2 aliphatic carbocycles. The Morgan fingerprint density at radius 1 is 1.00 bits per heavy atom. The van der Waals surface area contributed by atoms with Crippen molar-refractivity contribution in [2.75, 3.05) is 0 Å². The molecule has 2 rings (SSSR count). The van der Waals surface area contributed by atoms with Crippen LogP contribution in [0.3, 0.4) is 0 Å². The van der Waals surface area contributed by atoms with Gasteiger partial charge in [-0.05, 0) is 50.4 Å². The van der Waals surface area contributed by atoms with Gasteiger partial charge < -0.3 is 4.74 Å². The van der Waals surface area contributed by atoms with Gasteiger partial charge in [0.25, 0.3) is 0 Å². The van der Waals surface area contributed by atoms with Crippen molar-refractivity contribution >= 4 is 5.97 Å². The summed E-state index contributed by atoms with van der Waals surface area (Å²) in [6.07, 6.45) is 9.56. The standard InChI is InChI=1S/C15H26O2/c1-3-11-7-5-9-13(11)15(16)17-14-10-6-8-12(14)4-2/h11-14H,3-10H2,1-2H3. The first-order valence-corrected chi connectivity index (χ1v) is 7.46. The first-order valence-electron chi connectivity index (χ1n) is 7.46. The molecule has 0 N–H and O–H groups in total. The molecule has 2 saturated carbocycles. The van der Waals surface area contributed by atoms with Gasteiger partial charge in [0.15, 0.2) is 0 Å². The van der Waals surface area contributed by atoms with Gasteiger partial charge in [-0.3, -0.25) is 4.79 Å². The maximum absolute atomic E-state index is 12.2. The maximum atomic E-state index is 12.2. The highest BCUT2D eigenvalue weighted by Gasteiger charge is 2.36. The number of carbonyl (C=O) groups is 1. The smallest absolute Gasteiger partial charge is 0.309 e. The quantitative estimate of drug-likeness (QED) is 0.694. The Bertz CT molecular complexity index is 262. The SMILES string of the molecule is CCC1CCCC1OC(=O)C1CCCC1CC. The molecule has 0 aromatic heterocycles. The van der Waals surface area contributed by atoms with Crippen LogP contribution in [0.4, 0.5) is 0 Å². The van der Waals surface area contributed by atoms with Gasteiger partial charge in [-0.2, -0.15) is 0 Å². The van der Waals surface area contributed by atoms with Crippen molar-refractivity contribution in [1.82, 2.24) is 0 Å². The molecule has 0 amide bonds. The summed E-state index contributed by atoms with van der Waals surface area (Å²) in [6.45, 7) is 4.40. The van der Waals surface area contributed by atoms with Crippen LogP contribution in [0.15, 0.2) is 0 Å². The van der Waals surface area contributed by atoms with Gasteiger partial charge >= 0.3 is 5.97 Å². The first-order chi connectivity index (χ1) is 8.26. The largest absolute Gasteiger partial charge is 0.462 e. The second-order valence-electron chi connectivity index (χ2n) is 5.78. The second-order valence-corrected chi connectivity index (χ2v) is 5.78. The van der Waals surface area contributed by atoms with Gasteiger partial charge in [0.1, 0.15) is 6.10 Å². The van der Waals surface area contributed by atoms with Crippen LogP contribution >= 0.6 is 0 Å². The Morgan fingerprint density at radius 3 is 2.35 bits per heavy atom. The number of rotatable bonds is 4. The van der Waals surface area contributed by atoms with Gasteiger partial charge in [-0.15, -0.1) is 0 Å². The lowest BCUT2D eigenvalue weighted by Crippen LogP contribution is -2.28. The summed E-state index contributed by atoms with van der Waals surface area (Å²) in [7, 11) is 0. The van der Waals surface area contributed by atoms with Crippen molar-refractivity contribution in [3.63, 3.8) is 0 Å². The van der Waals surface area contributed by atoms with Gasteiger partial charge in [-0.1, -0.05) is 26.7 Å². The van der Waals surface area contributed by atoms with Crippen molar-refractivity contribution in [3.05, 3.63) is 0 Å². The van der Waals surface area contributed by atoms with E-state index in [4.69, 9.17) is 4.74 Å². The molecule has 0 spiro atoms. The van der Waals surface area contributed by atoms with Crippen molar-refractivity contribution in [2.24, 2.45) is 17.8 Å². The molecule has 4 unspecified atom stereocenters. The minimum absolute atomic E-state index is 0.111. The van der Waals surface area contributed by atoms with Crippen molar-refractivity contribution < 1.29 is 9.53 Å². The predicted molar refractivity (Wildman–Crippen MR) is 68.6 cm³/mol. The molecule has 0 saturated heterocycles. The Balaban J connectivity index is 1.88. The number of esters is 1. The zero-order chi connectivity index (χ0) is 12.3. The molecule has 0 aromatic rings. The highest BCUT2D eigenvalue weighted by molar-refractivity contribution is 5.73. The summed E-state index contributed by atoms with van der Waals surface area (Å²) in [5.41, 5.74) is 0. The fourth-order valence-corrected chi connectivity index (χ4v) is 3.70. The summed E-state index contributed by atoms with van der Waals surface area (Å²) >= 11 is 0. The van der Waals surface area contributed by atoms with E-state index in [1.165, 1.54) is 25.7 Å². The second kappa shape index (κ2) is 5.88. The molecule has 2 nitrogen and oxygen atoms in total. The Morgan fingerprint density at radius 2 is 1.65 bits per heavy atom. The zero-order valence-electron chi connectivity index (χ0n) is 11.3. The molecule has 0 bridgehead atoms. The molecule has 2 aliphatic rings. The highest BCUT2D eigenvalue weighted by atomic mass is 16.5. The highest BCUT2D eigenvalue weighted by Crippen LogP contribution is 2.37. The predicted octanol–water partition coefficient (Wildman–Crippen LogP) is 3.93. The van der Waals surface area contributed by atoms with E-state index < -0.39 is 0 Å². The molecule has 4 atom stereocenters. The fraction of sp³-hybridized carbons (Fsp3) is 0.933. The Labute approximate surface area is 105 Å². The van der Waals surface area contributed by atoms with Crippen LogP contribution in [0, 0.1) is 17.8 Å². The van der Waals surface area contributed by atoms with E-state index in [9.17, 15) is 4.79 Å². The van der Waals surface area contributed by atoms with Crippen LogP contribution in [-0.4, -0.2) is 12.1 Å². The van der Waals surface area contributed by atoms with Crippen molar-refractivity contribution in [3.8, 4) is 0 Å². The van der Waals surface area contributed by atoms with Crippen LogP contribution < -0.4 is 0 Å². The lowest BCUT2D eigenvalue weighted by atomic mass is 9.93. The van der Waals surface area contributed by atoms with Gasteiger partial charge in [0.2, 0.25) is 0 Å². The molecule has 0 heterocycles. The van der Waals surface area contributed by atoms with E-state index in [1.807, 2.05) is 0 Å². The molecule has 2 fully saturated rings. The Kier molecular flexibility index (Phi) is 4.47. The molecular formula is C15H26O2. The average Bonchev–Trinajstić information content (AvgIpc) is 2.96. The van der Waals surface area contributed by atoms with Crippen molar-refractivity contribution in [1.29, 1.82) is 0 Å². The number of carbonyl (C=O) groups excluding carboxylic acids is 1. The minimum atomic E-state index is 0.111. The fourth-order valence-electron chi connectivity index (χ4n) is 3.70. The number of ether oxygens (including phenoxy) is 1. The lowest BCUT2D eigenvalue weighted by molar-refractivity contribution is -0.157. The summed E-state index contributed by atoms with van der Waals surface area (Å²) < 4.78 is 5.79. The molecule has 98 valence electrons. The third-order valence-corrected chi connectivity index (χ3v) is 4.87. The summed E-state index contributed by atoms with van der Waals surface area (Å²) in [5.74, 6) is 1.53. The average molecular weight is 238 g/mol. The van der Waals surface area contributed by atoms with E-state index in [2.05, 4.69) is 13.8 Å². The molecule has 2 heteroatoms. The molecule has 0 aromatic carbocycles. The van der Waals surface area contributed by atoms with Crippen LogP contribution in [-0.2, 0) is 9.53 Å². The summed E-state index contributed by atoms with van der Waals surface area (Å²) in [4.78, 5) is 12.2. The molecule has 17 heavy (non-hydrogen) atoms. The van der Waals surface area contributed by atoms with Gasteiger partial charge in [0, 0.05) is 0 Å². The Hall–Kier alpha value is -0.530. The van der Waals surface area contributed by atoms with Gasteiger partial charge in [-0.25, -0.2) is 0 Å². The van der Waals surface area contributed by atoms with E-state index >= 15 is 0 Å².